The number of benzene rings is 1. The Bertz CT molecular complexity index is 529. The third-order valence-corrected chi connectivity index (χ3v) is 4.13. The van der Waals surface area contributed by atoms with Gasteiger partial charge in [0.2, 0.25) is 0 Å². The lowest BCUT2D eigenvalue weighted by Gasteiger charge is -2.06. The molecule has 0 unspecified atom stereocenters. The number of hydrogen-bond acceptors (Lipinski definition) is 3. The summed E-state index contributed by atoms with van der Waals surface area (Å²) in [6.45, 7) is 4.81. The SMILES string of the molecule is Cc1ccc(Sc2c(CCN)c(C)nn2C)cc1. The zero-order valence-electron chi connectivity index (χ0n) is 11.1. The molecule has 0 aliphatic carbocycles. The first kappa shape index (κ1) is 13.2. The van der Waals surface area contributed by atoms with Gasteiger partial charge in [-0.2, -0.15) is 5.10 Å². The first-order valence-electron chi connectivity index (χ1n) is 6.09. The topological polar surface area (TPSA) is 43.8 Å². The largest absolute Gasteiger partial charge is 0.330 e. The Kier molecular flexibility index (Phi) is 4.09. The maximum absolute atomic E-state index is 5.67. The molecule has 2 N–H and O–H groups in total. The standard InChI is InChI=1S/C14H19N3S/c1-10-4-6-12(7-5-10)18-14-13(8-9-15)11(2)16-17(14)3/h4-7H,8-9,15H2,1-3H3. The van der Waals surface area contributed by atoms with Crippen molar-refractivity contribution in [3.8, 4) is 0 Å². The van der Waals surface area contributed by atoms with Crippen molar-refractivity contribution in [2.75, 3.05) is 6.54 Å². The van der Waals surface area contributed by atoms with E-state index in [-0.39, 0.29) is 0 Å². The number of nitrogens with two attached hydrogens (primary N) is 1. The van der Waals surface area contributed by atoms with Crippen LogP contribution in [-0.4, -0.2) is 16.3 Å². The maximum Gasteiger partial charge on any atom is 0.102 e. The highest BCUT2D eigenvalue weighted by Crippen LogP contribution is 2.31. The minimum Gasteiger partial charge on any atom is -0.330 e. The predicted molar refractivity (Wildman–Crippen MR) is 76.0 cm³/mol. The Hall–Kier alpha value is -1.26. The van der Waals surface area contributed by atoms with Crippen LogP contribution in [0.4, 0.5) is 0 Å². The number of hydrogen-bond donors (Lipinski definition) is 1. The van der Waals surface area contributed by atoms with Crippen molar-refractivity contribution in [2.45, 2.75) is 30.2 Å². The Morgan fingerprint density at radius 3 is 2.50 bits per heavy atom. The lowest BCUT2D eigenvalue weighted by molar-refractivity contribution is 0.688. The molecule has 1 aromatic heterocycles. The fraction of sp³-hybridized carbons (Fsp3) is 0.357. The number of aromatic nitrogens is 2. The predicted octanol–water partition coefficient (Wildman–Crippen LogP) is 2.69. The van der Waals surface area contributed by atoms with Crippen molar-refractivity contribution in [1.82, 2.24) is 9.78 Å². The van der Waals surface area contributed by atoms with Crippen molar-refractivity contribution >= 4 is 11.8 Å². The van der Waals surface area contributed by atoms with Gasteiger partial charge in [-0.25, -0.2) is 0 Å². The Balaban J connectivity index is 2.30. The normalized spacial score (nSPS) is 10.9. The van der Waals surface area contributed by atoms with Crippen LogP contribution in [0.5, 0.6) is 0 Å². The molecule has 3 nitrogen and oxygen atoms in total. The number of nitrogens with zero attached hydrogens (tertiary/aromatic N) is 2. The van der Waals surface area contributed by atoms with E-state index in [2.05, 4.69) is 36.3 Å². The highest BCUT2D eigenvalue weighted by molar-refractivity contribution is 7.99. The molecule has 0 aliphatic heterocycles. The summed E-state index contributed by atoms with van der Waals surface area (Å²) in [5.74, 6) is 0. The van der Waals surface area contributed by atoms with Crippen LogP contribution in [0.15, 0.2) is 34.2 Å². The lowest BCUT2D eigenvalue weighted by atomic mass is 10.2. The molecular weight excluding hydrogens is 242 g/mol. The van der Waals surface area contributed by atoms with Gasteiger partial charge in [-0.15, -0.1) is 0 Å². The van der Waals surface area contributed by atoms with Gasteiger partial charge >= 0.3 is 0 Å². The average Bonchev–Trinajstić information content (AvgIpc) is 2.59. The van der Waals surface area contributed by atoms with Gasteiger partial charge in [-0.1, -0.05) is 29.5 Å². The van der Waals surface area contributed by atoms with Gasteiger partial charge < -0.3 is 5.73 Å². The van der Waals surface area contributed by atoms with Crippen molar-refractivity contribution in [3.05, 3.63) is 41.1 Å². The molecule has 0 fully saturated rings. The molecule has 0 atom stereocenters. The molecule has 1 heterocycles. The summed E-state index contributed by atoms with van der Waals surface area (Å²) in [6, 6.07) is 8.56. The van der Waals surface area contributed by atoms with Crippen molar-refractivity contribution in [1.29, 1.82) is 0 Å². The van der Waals surface area contributed by atoms with Crippen LogP contribution < -0.4 is 5.73 Å². The van der Waals surface area contributed by atoms with Crippen LogP contribution >= 0.6 is 11.8 Å². The Morgan fingerprint density at radius 2 is 1.89 bits per heavy atom. The van der Waals surface area contributed by atoms with E-state index in [1.807, 2.05) is 18.7 Å². The number of aryl methyl sites for hydroxylation is 3. The summed E-state index contributed by atoms with van der Waals surface area (Å²) in [7, 11) is 1.99. The smallest absolute Gasteiger partial charge is 0.102 e. The summed E-state index contributed by atoms with van der Waals surface area (Å²) in [5, 5.41) is 5.68. The van der Waals surface area contributed by atoms with Gasteiger partial charge in [-0.3, -0.25) is 4.68 Å². The third kappa shape index (κ3) is 2.76. The third-order valence-electron chi connectivity index (χ3n) is 2.92. The van der Waals surface area contributed by atoms with Crippen molar-refractivity contribution < 1.29 is 0 Å². The van der Waals surface area contributed by atoms with Gasteiger partial charge in [0.05, 0.1) is 5.69 Å². The lowest BCUT2D eigenvalue weighted by Crippen LogP contribution is -2.04. The van der Waals surface area contributed by atoms with Crippen LogP contribution in [0.1, 0.15) is 16.8 Å². The van der Waals surface area contributed by atoms with E-state index in [9.17, 15) is 0 Å². The molecule has 0 saturated carbocycles. The van der Waals surface area contributed by atoms with Crippen LogP contribution in [0.3, 0.4) is 0 Å². The van der Waals surface area contributed by atoms with Crippen LogP contribution in [0.2, 0.25) is 0 Å². The zero-order valence-corrected chi connectivity index (χ0v) is 11.9. The molecule has 4 heteroatoms. The molecule has 0 aliphatic rings. The highest BCUT2D eigenvalue weighted by atomic mass is 32.2. The quantitative estimate of drug-likeness (QED) is 0.920. The second kappa shape index (κ2) is 5.59. The van der Waals surface area contributed by atoms with E-state index in [1.54, 1.807) is 11.8 Å². The van der Waals surface area contributed by atoms with E-state index >= 15 is 0 Å². The monoisotopic (exact) mass is 261 g/mol. The highest BCUT2D eigenvalue weighted by Gasteiger charge is 2.13. The van der Waals surface area contributed by atoms with Gasteiger partial charge in [0.1, 0.15) is 5.03 Å². The van der Waals surface area contributed by atoms with Crippen LogP contribution in [0.25, 0.3) is 0 Å². The molecule has 0 saturated heterocycles. The van der Waals surface area contributed by atoms with Gasteiger partial charge in [-0.05, 0) is 38.9 Å². The summed E-state index contributed by atoms with van der Waals surface area (Å²) < 4.78 is 1.95. The Labute approximate surface area is 112 Å². The van der Waals surface area contributed by atoms with E-state index < -0.39 is 0 Å². The van der Waals surface area contributed by atoms with E-state index in [4.69, 9.17) is 5.73 Å². The molecule has 2 aromatic rings. The first-order chi connectivity index (χ1) is 8.61. The average molecular weight is 261 g/mol. The van der Waals surface area contributed by atoms with Crippen molar-refractivity contribution in [3.63, 3.8) is 0 Å². The molecule has 0 amide bonds. The molecular formula is C14H19N3S. The minimum atomic E-state index is 0.661. The molecule has 0 spiro atoms. The molecule has 0 radical (unpaired) electrons. The minimum absolute atomic E-state index is 0.661. The summed E-state index contributed by atoms with van der Waals surface area (Å²) in [4.78, 5) is 1.24. The number of rotatable bonds is 4. The fourth-order valence-electron chi connectivity index (χ4n) is 1.96. The zero-order chi connectivity index (χ0) is 13.1. The summed E-state index contributed by atoms with van der Waals surface area (Å²) >= 11 is 1.76. The molecule has 0 bridgehead atoms. The van der Waals surface area contributed by atoms with E-state index in [1.165, 1.54) is 21.0 Å². The summed E-state index contributed by atoms with van der Waals surface area (Å²) in [5.41, 5.74) is 9.30. The van der Waals surface area contributed by atoms with Gasteiger partial charge in [0, 0.05) is 17.5 Å². The van der Waals surface area contributed by atoms with Gasteiger partial charge in [0.25, 0.3) is 0 Å². The molecule has 18 heavy (non-hydrogen) atoms. The molecule has 96 valence electrons. The first-order valence-corrected chi connectivity index (χ1v) is 6.90. The second-order valence-electron chi connectivity index (χ2n) is 4.45. The Morgan fingerprint density at radius 1 is 1.22 bits per heavy atom. The van der Waals surface area contributed by atoms with E-state index in [0.29, 0.717) is 6.54 Å². The maximum atomic E-state index is 5.67. The molecule has 2 rings (SSSR count). The van der Waals surface area contributed by atoms with Gasteiger partial charge in [0.15, 0.2) is 0 Å². The van der Waals surface area contributed by atoms with E-state index in [0.717, 1.165) is 12.1 Å². The van der Waals surface area contributed by atoms with Crippen LogP contribution in [-0.2, 0) is 13.5 Å². The fourth-order valence-corrected chi connectivity index (χ4v) is 3.00. The molecule has 1 aromatic carbocycles. The summed E-state index contributed by atoms with van der Waals surface area (Å²) in [6.07, 6.45) is 0.883. The second-order valence-corrected chi connectivity index (χ2v) is 5.51. The van der Waals surface area contributed by atoms with Crippen molar-refractivity contribution in [2.24, 2.45) is 12.8 Å². The van der Waals surface area contributed by atoms with Crippen LogP contribution in [0, 0.1) is 13.8 Å².